The second-order valence-corrected chi connectivity index (χ2v) is 6.32. The fraction of sp³-hybridized carbons (Fsp3) is 0.769. The van der Waals surface area contributed by atoms with Gasteiger partial charge < -0.3 is 5.32 Å². The maximum atomic E-state index is 4.42. The summed E-state index contributed by atoms with van der Waals surface area (Å²) in [5.41, 5.74) is 3.59. The molecule has 1 unspecified atom stereocenters. The Bertz CT molecular complexity index is 357. The molecule has 2 fully saturated rings. The van der Waals surface area contributed by atoms with E-state index < -0.39 is 0 Å². The fourth-order valence-corrected chi connectivity index (χ4v) is 3.77. The van der Waals surface area contributed by atoms with Gasteiger partial charge in [-0.1, -0.05) is 12.8 Å². The molecule has 0 aromatic carbocycles. The molecule has 1 aromatic heterocycles. The van der Waals surface area contributed by atoms with Crippen molar-refractivity contribution >= 4 is 11.3 Å². The molecule has 1 aliphatic heterocycles. The van der Waals surface area contributed by atoms with Gasteiger partial charge in [-0.15, -0.1) is 11.3 Å². The molecule has 1 saturated carbocycles. The van der Waals surface area contributed by atoms with Crippen LogP contribution in [0.1, 0.15) is 38.3 Å². The van der Waals surface area contributed by atoms with E-state index >= 15 is 0 Å². The van der Waals surface area contributed by atoms with E-state index in [0.29, 0.717) is 11.6 Å². The van der Waals surface area contributed by atoms with Gasteiger partial charge in [0.05, 0.1) is 11.2 Å². The molecule has 0 bridgehead atoms. The first kappa shape index (κ1) is 11.6. The zero-order valence-electron chi connectivity index (χ0n) is 10.5. The van der Waals surface area contributed by atoms with E-state index in [-0.39, 0.29) is 0 Å². The number of piperazine rings is 1. The predicted octanol–water partition coefficient (Wildman–Crippen LogP) is 2.25. The summed E-state index contributed by atoms with van der Waals surface area (Å²) in [6.45, 7) is 5.67. The van der Waals surface area contributed by atoms with E-state index in [9.17, 15) is 0 Å². The molecule has 1 atom stereocenters. The first-order valence-electron chi connectivity index (χ1n) is 6.64. The maximum Gasteiger partial charge on any atom is 0.0795 e. The topological polar surface area (TPSA) is 28.2 Å². The predicted molar refractivity (Wildman–Crippen MR) is 71.2 cm³/mol. The van der Waals surface area contributed by atoms with Crippen LogP contribution in [0.15, 0.2) is 10.9 Å². The van der Waals surface area contributed by atoms with Crippen molar-refractivity contribution in [2.75, 3.05) is 13.1 Å². The van der Waals surface area contributed by atoms with Crippen LogP contribution in [0.25, 0.3) is 0 Å². The minimum atomic E-state index is 0.419. The van der Waals surface area contributed by atoms with Crippen molar-refractivity contribution < 1.29 is 0 Å². The van der Waals surface area contributed by atoms with Gasteiger partial charge in [-0.25, -0.2) is 4.98 Å². The summed E-state index contributed by atoms with van der Waals surface area (Å²) in [5, 5.41) is 5.97. The maximum absolute atomic E-state index is 4.42. The molecule has 17 heavy (non-hydrogen) atoms. The van der Waals surface area contributed by atoms with Crippen molar-refractivity contribution in [1.82, 2.24) is 15.2 Å². The van der Waals surface area contributed by atoms with E-state index in [4.69, 9.17) is 0 Å². The van der Waals surface area contributed by atoms with Crippen LogP contribution in [0, 0.1) is 0 Å². The first-order valence-corrected chi connectivity index (χ1v) is 7.58. The van der Waals surface area contributed by atoms with E-state index in [1.54, 1.807) is 11.3 Å². The lowest BCUT2D eigenvalue weighted by Gasteiger charge is -2.45. The van der Waals surface area contributed by atoms with Crippen molar-refractivity contribution in [3.8, 4) is 0 Å². The fourth-order valence-electron chi connectivity index (χ4n) is 3.22. The van der Waals surface area contributed by atoms with Crippen LogP contribution in [0.5, 0.6) is 0 Å². The molecule has 94 valence electrons. The Balaban J connectivity index is 1.69. The lowest BCUT2D eigenvalue weighted by atomic mass is 9.92. The summed E-state index contributed by atoms with van der Waals surface area (Å²) in [6, 6.07) is 0.628. The van der Waals surface area contributed by atoms with E-state index in [1.807, 2.05) is 5.51 Å². The Kier molecular flexibility index (Phi) is 3.19. The molecule has 1 saturated heterocycles. The summed E-state index contributed by atoms with van der Waals surface area (Å²) in [7, 11) is 0. The van der Waals surface area contributed by atoms with E-state index in [0.717, 1.165) is 13.1 Å². The monoisotopic (exact) mass is 251 g/mol. The van der Waals surface area contributed by atoms with Gasteiger partial charge in [0, 0.05) is 36.6 Å². The molecular formula is C13H21N3S. The van der Waals surface area contributed by atoms with Gasteiger partial charge in [0.15, 0.2) is 0 Å². The minimum Gasteiger partial charge on any atom is -0.308 e. The van der Waals surface area contributed by atoms with Crippen molar-refractivity contribution in [3.63, 3.8) is 0 Å². The standard InChI is InChI=1S/C13H21N3S/c1-11-6-15-13(4-2-3-5-13)9-16(11)7-12-8-17-10-14-12/h8,10-11,15H,2-7,9H2,1H3. The van der Waals surface area contributed by atoms with Gasteiger partial charge in [-0.2, -0.15) is 0 Å². The third-order valence-corrected chi connectivity index (χ3v) is 4.95. The molecule has 1 aliphatic carbocycles. The number of nitrogens with one attached hydrogen (secondary N) is 1. The lowest BCUT2D eigenvalue weighted by Crippen LogP contribution is -2.62. The van der Waals surface area contributed by atoms with Crippen LogP contribution in [-0.4, -0.2) is 34.6 Å². The number of thiazole rings is 1. The van der Waals surface area contributed by atoms with Crippen molar-refractivity contribution in [2.45, 2.75) is 50.7 Å². The quantitative estimate of drug-likeness (QED) is 0.874. The molecule has 1 spiro atoms. The summed E-state index contributed by atoms with van der Waals surface area (Å²) < 4.78 is 0. The van der Waals surface area contributed by atoms with Gasteiger partial charge in [-0.05, 0) is 19.8 Å². The summed E-state index contributed by atoms with van der Waals surface area (Å²) in [6.07, 6.45) is 5.50. The van der Waals surface area contributed by atoms with Gasteiger partial charge in [0.25, 0.3) is 0 Å². The minimum absolute atomic E-state index is 0.419. The largest absolute Gasteiger partial charge is 0.308 e. The van der Waals surface area contributed by atoms with E-state index in [2.05, 4.69) is 27.5 Å². The van der Waals surface area contributed by atoms with Crippen LogP contribution in [0.4, 0.5) is 0 Å². The Morgan fingerprint density at radius 2 is 2.35 bits per heavy atom. The summed E-state index contributed by atoms with van der Waals surface area (Å²) in [4.78, 5) is 7.02. The average molecular weight is 251 g/mol. The molecular weight excluding hydrogens is 230 g/mol. The Labute approximate surface area is 107 Å². The molecule has 2 aliphatic rings. The summed E-state index contributed by atoms with van der Waals surface area (Å²) in [5.74, 6) is 0. The normalized spacial score (nSPS) is 28.9. The zero-order valence-corrected chi connectivity index (χ0v) is 11.3. The van der Waals surface area contributed by atoms with Crippen LogP contribution in [-0.2, 0) is 6.54 Å². The molecule has 2 heterocycles. The number of rotatable bonds is 2. The highest BCUT2D eigenvalue weighted by molar-refractivity contribution is 7.07. The van der Waals surface area contributed by atoms with Gasteiger partial charge >= 0.3 is 0 Å². The highest BCUT2D eigenvalue weighted by Crippen LogP contribution is 2.33. The highest BCUT2D eigenvalue weighted by Gasteiger charge is 2.39. The van der Waals surface area contributed by atoms with Crippen LogP contribution < -0.4 is 5.32 Å². The molecule has 1 aromatic rings. The molecule has 3 nitrogen and oxygen atoms in total. The average Bonchev–Trinajstić information content (AvgIpc) is 2.96. The van der Waals surface area contributed by atoms with Crippen LogP contribution in [0.3, 0.4) is 0 Å². The molecule has 0 radical (unpaired) electrons. The van der Waals surface area contributed by atoms with Gasteiger partial charge in [-0.3, -0.25) is 4.90 Å². The third kappa shape index (κ3) is 2.39. The second-order valence-electron chi connectivity index (χ2n) is 5.60. The van der Waals surface area contributed by atoms with Gasteiger partial charge in [0.2, 0.25) is 0 Å². The molecule has 0 amide bonds. The van der Waals surface area contributed by atoms with Gasteiger partial charge in [0.1, 0.15) is 0 Å². The number of aromatic nitrogens is 1. The Hall–Kier alpha value is -0.450. The van der Waals surface area contributed by atoms with Crippen LogP contribution >= 0.6 is 11.3 Å². The third-order valence-electron chi connectivity index (χ3n) is 4.31. The van der Waals surface area contributed by atoms with Crippen molar-refractivity contribution in [3.05, 3.63) is 16.6 Å². The Morgan fingerprint density at radius 3 is 3.06 bits per heavy atom. The van der Waals surface area contributed by atoms with Crippen molar-refractivity contribution in [2.24, 2.45) is 0 Å². The SMILES string of the molecule is CC1CNC2(CCCC2)CN1Cc1cscn1. The first-order chi connectivity index (χ1) is 8.27. The number of hydrogen-bond acceptors (Lipinski definition) is 4. The van der Waals surface area contributed by atoms with Crippen LogP contribution in [0.2, 0.25) is 0 Å². The number of hydrogen-bond donors (Lipinski definition) is 1. The summed E-state index contributed by atoms with van der Waals surface area (Å²) >= 11 is 1.70. The number of nitrogens with zero attached hydrogens (tertiary/aromatic N) is 2. The zero-order chi connectivity index (χ0) is 11.7. The van der Waals surface area contributed by atoms with E-state index in [1.165, 1.54) is 37.9 Å². The molecule has 4 heteroatoms. The molecule has 1 N–H and O–H groups in total. The van der Waals surface area contributed by atoms with Crippen molar-refractivity contribution in [1.29, 1.82) is 0 Å². The second kappa shape index (κ2) is 4.67. The smallest absolute Gasteiger partial charge is 0.0795 e. The Morgan fingerprint density at radius 1 is 1.53 bits per heavy atom. The lowest BCUT2D eigenvalue weighted by molar-refractivity contribution is 0.0817. The highest BCUT2D eigenvalue weighted by atomic mass is 32.1. The molecule has 3 rings (SSSR count).